The maximum atomic E-state index is 12.9. The number of hydrogen-bond acceptors (Lipinski definition) is 5. The average Bonchev–Trinajstić information content (AvgIpc) is 3.00. The standard InChI is InChI=1S/C22H14I2O5/c1-9-7-13-19(15(23)17(9)25)28-20-14(8-10(2)18(26)16(20)24)22(13)12-6-4-3-5-11(12)21(27)29-22/h3-8,25-26H,1-2H3. The number of esters is 1. The van der Waals surface area contributed by atoms with Crippen molar-refractivity contribution in [1.82, 2.24) is 0 Å². The second-order valence-electron chi connectivity index (χ2n) is 7.18. The van der Waals surface area contributed by atoms with Gasteiger partial charge in [-0.3, -0.25) is 0 Å². The van der Waals surface area contributed by atoms with Gasteiger partial charge < -0.3 is 19.7 Å². The van der Waals surface area contributed by atoms with E-state index in [-0.39, 0.29) is 11.5 Å². The van der Waals surface area contributed by atoms with Gasteiger partial charge in [0.15, 0.2) is 17.1 Å². The molecule has 0 atom stereocenters. The van der Waals surface area contributed by atoms with Crippen LogP contribution in [0.3, 0.4) is 0 Å². The smallest absolute Gasteiger partial charge is 0.340 e. The number of fused-ring (bicyclic) bond motifs is 6. The normalized spacial score (nSPS) is 15.4. The van der Waals surface area contributed by atoms with Crippen molar-refractivity contribution in [2.45, 2.75) is 19.4 Å². The maximum Gasteiger partial charge on any atom is 0.340 e. The highest BCUT2D eigenvalue weighted by atomic mass is 127. The van der Waals surface area contributed by atoms with E-state index in [1.54, 1.807) is 38.1 Å². The van der Waals surface area contributed by atoms with Gasteiger partial charge >= 0.3 is 5.97 Å². The summed E-state index contributed by atoms with van der Waals surface area (Å²) in [6.07, 6.45) is 0. The van der Waals surface area contributed by atoms with Gasteiger partial charge in [-0.1, -0.05) is 18.2 Å². The van der Waals surface area contributed by atoms with Gasteiger partial charge in [-0.05, 0) is 88.4 Å². The Labute approximate surface area is 193 Å². The van der Waals surface area contributed by atoms with Crippen LogP contribution in [-0.2, 0) is 10.3 Å². The lowest BCUT2D eigenvalue weighted by molar-refractivity contribution is 0.0222. The van der Waals surface area contributed by atoms with Gasteiger partial charge in [-0.25, -0.2) is 4.79 Å². The molecule has 5 nitrogen and oxygen atoms in total. The Morgan fingerprint density at radius 3 is 1.93 bits per heavy atom. The molecule has 0 fully saturated rings. The van der Waals surface area contributed by atoms with Crippen LogP contribution in [0, 0.1) is 21.0 Å². The zero-order valence-corrected chi connectivity index (χ0v) is 19.7. The van der Waals surface area contributed by atoms with Crippen molar-refractivity contribution < 1.29 is 24.5 Å². The third-order valence-electron chi connectivity index (χ3n) is 5.51. The number of ether oxygens (including phenoxy) is 2. The van der Waals surface area contributed by atoms with Crippen molar-refractivity contribution in [2.24, 2.45) is 0 Å². The molecule has 2 aliphatic rings. The Morgan fingerprint density at radius 1 is 0.862 bits per heavy atom. The number of phenols is 2. The molecule has 0 amide bonds. The summed E-state index contributed by atoms with van der Waals surface area (Å²) < 4.78 is 13.4. The SMILES string of the molecule is Cc1cc2c(c(I)c1O)Oc1c(cc(C)c(O)c1I)C21OC(=O)c2ccccc21. The molecule has 146 valence electrons. The van der Waals surface area contributed by atoms with Gasteiger partial charge in [0, 0.05) is 16.7 Å². The lowest BCUT2D eigenvalue weighted by Gasteiger charge is -2.38. The first-order valence-corrected chi connectivity index (χ1v) is 11.0. The molecule has 2 heterocycles. The van der Waals surface area contributed by atoms with E-state index in [2.05, 4.69) is 0 Å². The largest absolute Gasteiger partial charge is 0.506 e. The minimum atomic E-state index is -1.21. The van der Waals surface area contributed by atoms with Gasteiger partial charge in [-0.2, -0.15) is 0 Å². The van der Waals surface area contributed by atoms with Crippen molar-refractivity contribution >= 4 is 51.2 Å². The van der Waals surface area contributed by atoms with Crippen molar-refractivity contribution in [3.05, 3.63) is 76.9 Å². The first kappa shape index (κ1) is 19.0. The number of benzene rings is 3. The molecule has 0 aliphatic carbocycles. The molecular formula is C22H14I2O5. The van der Waals surface area contributed by atoms with Gasteiger partial charge in [0.25, 0.3) is 0 Å². The predicted octanol–water partition coefficient (Wildman–Crippen LogP) is 5.49. The molecule has 0 aromatic heterocycles. The Balaban J connectivity index is 1.99. The number of phenolic OH excluding ortho intramolecular Hbond substituents is 2. The predicted molar refractivity (Wildman–Crippen MR) is 123 cm³/mol. The highest BCUT2D eigenvalue weighted by Crippen LogP contribution is 2.60. The number of rotatable bonds is 0. The van der Waals surface area contributed by atoms with E-state index >= 15 is 0 Å². The topological polar surface area (TPSA) is 76.0 Å². The second-order valence-corrected chi connectivity index (χ2v) is 9.34. The number of hydrogen-bond donors (Lipinski definition) is 2. The van der Waals surface area contributed by atoms with E-state index in [1.807, 2.05) is 57.3 Å². The van der Waals surface area contributed by atoms with E-state index in [1.165, 1.54) is 0 Å². The third kappa shape index (κ3) is 2.34. The fourth-order valence-corrected chi connectivity index (χ4v) is 5.74. The van der Waals surface area contributed by atoms with Gasteiger partial charge in [0.05, 0.1) is 12.7 Å². The summed E-state index contributed by atoms with van der Waals surface area (Å²) in [7, 11) is 0. The molecule has 0 saturated carbocycles. The lowest BCUT2D eigenvalue weighted by Crippen LogP contribution is -2.34. The zero-order chi connectivity index (χ0) is 20.7. The quantitative estimate of drug-likeness (QED) is 0.260. The minimum absolute atomic E-state index is 0.118. The third-order valence-corrected chi connectivity index (χ3v) is 7.51. The molecule has 2 N–H and O–H groups in total. The zero-order valence-electron chi connectivity index (χ0n) is 15.3. The Morgan fingerprint density at radius 2 is 1.38 bits per heavy atom. The Bertz CT molecular complexity index is 1190. The highest BCUT2D eigenvalue weighted by molar-refractivity contribution is 14.1. The van der Waals surface area contributed by atoms with Crippen LogP contribution in [0.4, 0.5) is 0 Å². The van der Waals surface area contributed by atoms with E-state index < -0.39 is 11.6 Å². The summed E-state index contributed by atoms with van der Waals surface area (Å²) in [5, 5.41) is 21.0. The molecule has 1 spiro atoms. The summed E-state index contributed by atoms with van der Waals surface area (Å²) in [4.78, 5) is 12.9. The van der Waals surface area contributed by atoms with Crippen LogP contribution < -0.4 is 4.74 Å². The monoisotopic (exact) mass is 612 g/mol. The molecule has 29 heavy (non-hydrogen) atoms. The van der Waals surface area contributed by atoms with Crippen molar-refractivity contribution in [2.75, 3.05) is 0 Å². The molecule has 0 unspecified atom stereocenters. The van der Waals surface area contributed by atoms with Crippen LogP contribution in [0.5, 0.6) is 23.0 Å². The van der Waals surface area contributed by atoms with E-state index in [4.69, 9.17) is 9.47 Å². The van der Waals surface area contributed by atoms with Crippen LogP contribution in [-0.4, -0.2) is 16.2 Å². The van der Waals surface area contributed by atoms with Crippen LogP contribution >= 0.6 is 45.2 Å². The number of aromatic hydroxyl groups is 2. The van der Waals surface area contributed by atoms with Crippen molar-refractivity contribution in [1.29, 1.82) is 0 Å². The van der Waals surface area contributed by atoms with Crippen LogP contribution in [0.15, 0.2) is 36.4 Å². The molecule has 7 heteroatoms. The molecule has 3 aromatic rings. The molecule has 0 radical (unpaired) electrons. The van der Waals surface area contributed by atoms with Crippen LogP contribution in [0.25, 0.3) is 0 Å². The fourth-order valence-electron chi connectivity index (χ4n) is 4.09. The van der Waals surface area contributed by atoms with Gasteiger partial charge in [0.2, 0.25) is 0 Å². The lowest BCUT2D eigenvalue weighted by atomic mass is 9.76. The van der Waals surface area contributed by atoms with Gasteiger partial charge in [0.1, 0.15) is 11.5 Å². The summed E-state index contributed by atoms with van der Waals surface area (Å²) in [5.41, 5.74) is 2.63. The first-order chi connectivity index (χ1) is 13.8. The highest BCUT2D eigenvalue weighted by Gasteiger charge is 2.55. The molecule has 2 aliphatic heterocycles. The van der Waals surface area contributed by atoms with E-state index in [9.17, 15) is 15.0 Å². The number of halogens is 2. The Hall–Kier alpha value is -2.01. The molecule has 0 bridgehead atoms. The van der Waals surface area contributed by atoms with Crippen molar-refractivity contribution in [3.8, 4) is 23.0 Å². The minimum Gasteiger partial charge on any atom is -0.506 e. The summed E-state index contributed by atoms with van der Waals surface area (Å²) in [6.45, 7) is 3.60. The Kier molecular flexibility index (Phi) is 4.09. The molecule has 5 rings (SSSR count). The van der Waals surface area contributed by atoms with E-state index in [0.717, 1.165) is 5.56 Å². The number of carbonyl (C=O) groups is 1. The van der Waals surface area contributed by atoms with Crippen LogP contribution in [0.2, 0.25) is 0 Å². The summed E-state index contributed by atoms with van der Waals surface area (Å²) in [6, 6.07) is 10.9. The number of aryl methyl sites for hydroxylation is 2. The number of carbonyl (C=O) groups excluding carboxylic acids is 1. The van der Waals surface area contributed by atoms with Crippen LogP contribution in [0.1, 0.15) is 38.2 Å². The summed E-state index contributed by atoms with van der Waals surface area (Å²) >= 11 is 4.07. The van der Waals surface area contributed by atoms with E-state index in [0.29, 0.717) is 46.5 Å². The molecule has 3 aromatic carbocycles. The first-order valence-electron chi connectivity index (χ1n) is 8.83. The van der Waals surface area contributed by atoms with Gasteiger partial charge in [-0.15, -0.1) is 0 Å². The molecule has 0 saturated heterocycles. The average molecular weight is 612 g/mol. The van der Waals surface area contributed by atoms with Crippen molar-refractivity contribution in [3.63, 3.8) is 0 Å². The second kappa shape index (κ2) is 6.24. The molecular weight excluding hydrogens is 598 g/mol. The summed E-state index contributed by atoms with van der Waals surface area (Å²) in [5.74, 6) is 0.665. The fraction of sp³-hybridized carbons (Fsp3) is 0.136. The maximum absolute atomic E-state index is 12.9.